The fraction of sp³-hybridized carbons (Fsp3) is 0.118. The fourth-order valence-electron chi connectivity index (χ4n) is 2.17. The highest BCUT2D eigenvalue weighted by Crippen LogP contribution is 2.28. The Morgan fingerprint density at radius 1 is 1.08 bits per heavy atom. The summed E-state index contributed by atoms with van der Waals surface area (Å²) in [5, 5.41) is 14.3. The van der Waals surface area contributed by atoms with E-state index in [0.29, 0.717) is 11.8 Å². The van der Waals surface area contributed by atoms with Crippen molar-refractivity contribution in [1.82, 2.24) is 15.2 Å². The molecule has 0 atom stereocenters. The first kappa shape index (κ1) is 16.2. The van der Waals surface area contributed by atoms with Crippen LogP contribution in [0.1, 0.15) is 5.56 Å². The van der Waals surface area contributed by atoms with E-state index in [1.54, 1.807) is 13.3 Å². The van der Waals surface area contributed by atoms with Gasteiger partial charge in [-0.2, -0.15) is 10.1 Å². The second kappa shape index (κ2) is 7.27. The van der Waals surface area contributed by atoms with Gasteiger partial charge in [-0.1, -0.05) is 28.1 Å². The Hall–Kier alpha value is -2.67. The van der Waals surface area contributed by atoms with Crippen molar-refractivity contribution in [3.05, 3.63) is 58.7 Å². The lowest BCUT2D eigenvalue weighted by Gasteiger charge is -2.12. The van der Waals surface area contributed by atoms with E-state index in [1.807, 2.05) is 49.4 Å². The molecule has 3 aromatic rings. The predicted molar refractivity (Wildman–Crippen MR) is 98.3 cm³/mol. The second-order valence-electron chi connectivity index (χ2n) is 5.13. The van der Waals surface area contributed by atoms with Gasteiger partial charge in [-0.05, 0) is 42.8 Å². The van der Waals surface area contributed by atoms with E-state index in [2.05, 4.69) is 41.7 Å². The lowest BCUT2D eigenvalue weighted by atomic mass is 10.2. The molecule has 0 unspecified atom stereocenters. The second-order valence-corrected chi connectivity index (χ2v) is 6.04. The van der Waals surface area contributed by atoms with Crippen LogP contribution in [0.4, 0.5) is 23.1 Å². The van der Waals surface area contributed by atoms with Gasteiger partial charge in [0, 0.05) is 10.2 Å². The molecule has 0 saturated carbocycles. The normalized spacial score (nSPS) is 10.3. The Labute approximate surface area is 148 Å². The van der Waals surface area contributed by atoms with Crippen LogP contribution >= 0.6 is 15.9 Å². The molecule has 7 heteroatoms. The van der Waals surface area contributed by atoms with Crippen LogP contribution in [0, 0.1) is 6.92 Å². The number of benzene rings is 2. The number of hydrogen-bond acceptors (Lipinski definition) is 6. The average Bonchev–Trinajstić information content (AvgIpc) is 2.55. The maximum atomic E-state index is 5.36. The van der Waals surface area contributed by atoms with E-state index in [4.69, 9.17) is 4.74 Å². The topological polar surface area (TPSA) is 72.0 Å². The number of aromatic nitrogens is 3. The van der Waals surface area contributed by atoms with Crippen LogP contribution in [0.15, 0.2) is 53.1 Å². The summed E-state index contributed by atoms with van der Waals surface area (Å²) in [4.78, 5) is 4.43. The van der Waals surface area contributed by atoms with Gasteiger partial charge in [-0.15, -0.1) is 5.10 Å². The third kappa shape index (κ3) is 3.99. The molecule has 1 aromatic heterocycles. The molecule has 0 saturated heterocycles. The Balaban J connectivity index is 1.82. The number of nitrogens with one attached hydrogen (secondary N) is 2. The maximum absolute atomic E-state index is 5.36. The van der Waals surface area contributed by atoms with E-state index in [0.717, 1.165) is 27.2 Å². The zero-order valence-corrected chi connectivity index (χ0v) is 14.8. The van der Waals surface area contributed by atoms with Crippen LogP contribution in [0.3, 0.4) is 0 Å². The molecule has 0 fully saturated rings. The van der Waals surface area contributed by atoms with Gasteiger partial charge in [0.2, 0.25) is 5.95 Å². The summed E-state index contributed by atoms with van der Waals surface area (Å²) >= 11 is 3.43. The smallest absolute Gasteiger partial charge is 0.249 e. The predicted octanol–water partition coefficient (Wildman–Crippen LogP) is 4.44. The van der Waals surface area contributed by atoms with Crippen LogP contribution in [0.25, 0.3) is 0 Å². The zero-order valence-electron chi connectivity index (χ0n) is 13.2. The highest BCUT2D eigenvalue weighted by molar-refractivity contribution is 9.10. The van der Waals surface area contributed by atoms with Gasteiger partial charge in [0.25, 0.3) is 0 Å². The number of rotatable bonds is 5. The summed E-state index contributed by atoms with van der Waals surface area (Å²) in [6, 6.07) is 13.6. The van der Waals surface area contributed by atoms with Gasteiger partial charge in [0.15, 0.2) is 5.82 Å². The zero-order chi connectivity index (χ0) is 16.9. The van der Waals surface area contributed by atoms with E-state index < -0.39 is 0 Å². The van der Waals surface area contributed by atoms with Crippen LogP contribution in [-0.4, -0.2) is 22.3 Å². The van der Waals surface area contributed by atoms with E-state index in [1.165, 1.54) is 0 Å². The molecular formula is C17H16BrN5O. The van der Waals surface area contributed by atoms with Crippen molar-refractivity contribution >= 4 is 39.1 Å². The van der Waals surface area contributed by atoms with E-state index in [-0.39, 0.29) is 0 Å². The van der Waals surface area contributed by atoms with Crippen molar-refractivity contribution in [3.63, 3.8) is 0 Å². The third-order valence-corrected chi connectivity index (χ3v) is 3.75. The number of methoxy groups -OCH3 is 1. The summed E-state index contributed by atoms with van der Waals surface area (Å²) < 4.78 is 6.34. The minimum Gasteiger partial charge on any atom is -0.495 e. The highest BCUT2D eigenvalue weighted by Gasteiger charge is 2.06. The van der Waals surface area contributed by atoms with Gasteiger partial charge in [-0.25, -0.2) is 0 Å². The Kier molecular flexibility index (Phi) is 4.90. The van der Waals surface area contributed by atoms with Gasteiger partial charge in [0.1, 0.15) is 5.75 Å². The van der Waals surface area contributed by atoms with E-state index >= 15 is 0 Å². The van der Waals surface area contributed by atoms with Gasteiger partial charge < -0.3 is 15.4 Å². The SMILES string of the molecule is COc1ccc(C)cc1Nc1cnnc(Nc2cccc(Br)c2)n1. The largest absolute Gasteiger partial charge is 0.495 e. The molecule has 24 heavy (non-hydrogen) atoms. The summed E-state index contributed by atoms with van der Waals surface area (Å²) in [5.41, 5.74) is 2.82. The lowest BCUT2D eigenvalue weighted by molar-refractivity contribution is 0.416. The summed E-state index contributed by atoms with van der Waals surface area (Å²) in [5.74, 6) is 1.72. The van der Waals surface area contributed by atoms with Crippen molar-refractivity contribution in [3.8, 4) is 5.75 Å². The standard InChI is InChI=1S/C17H16BrN5O/c1-11-6-7-15(24-2)14(8-11)21-16-10-19-23-17(22-16)20-13-5-3-4-12(18)9-13/h3-10H,1-2H3,(H2,20,21,22,23). The number of aryl methyl sites for hydroxylation is 1. The molecule has 0 aliphatic heterocycles. The molecule has 2 N–H and O–H groups in total. The first-order valence-electron chi connectivity index (χ1n) is 7.28. The number of halogens is 1. The fourth-order valence-corrected chi connectivity index (χ4v) is 2.57. The minimum absolute atomic E-state index is 0.407. The molecule has 1 heterocycles. The van der Waals surface area contributed by atoms with Crippen molar-refractivity contribution in [2.45, 2.75) is 6.92 Å². The molecule has 0 spiro atoms. The first-order valence-corrected chi connectivity index (χ1v) is 8.07. The number of nitrogens with zero attached hydrogens (tertiary/aromatic N) is 3. The Morgan fingerprint density at radius 2 is 1.96 bits per heavy atom. The van der Waals surface area contributed by atoms with Crippen molar-refractivity contribution < 1.29 is 4.74 Å². The summed E-state index contributed by atoms with van der Waals surface area (Å²) in [7, 11) is 1.63. The molecule has 0 amide bonds. The number of ether oxygens (including phenoxy) is 1. The molecule has 0 radical (unpaired) electrons. The monoisotopic (exact) mass is 385 g/mol. The minimum atomic E-state index is 0.407. The van der Waals surface area contributed by atoms with Gasteiger partial charge >= 0.3 is 0 Å². The Bertz CT molecular complexity index is 856. The molecular weight excluding hydrogens is 370 g/mol. The molecule has 0 aliphatic carbocycles. The molecule has 2 aromatic carbocycles. The van der Waals surface area contributed by atoms with Crippen molar-refractivity contribution in [1.29, 1.82) is 0 Å². The number of hydrogen-bond donors (Lipinski definition) is 2. The van der Waals surface area contributed by atoms with Crippen molar-refractivity contribution in [2.24, 2.45) is 0 Å². The first-order chi connectivity index (χ1) is 11.6. The molecule has 0 aliphatic rings. The molecule has 0 bridgehead atoms. The maximum Gasteiger partial charge on any atom is 0.249 e. The van der Waals surface area contributed by atoms with Crippen LogP contribution in [0.2, 0.25) is 0 Å². The van der Waals surface area contributed by atoms with Gasteiger partial charge in [-0.3, -0.25) is 0 Å². The number of anilines is 4. The van der Waals surface area contributed by atoms with Crippen LogP contribution in [0.5, 0.6) is 5.75 Å². The highest BCUT2D eigenvalue weighted by atomic mass is 79.9. The average molecular weight is 386 g/mol. The van der Waals surface area contributed by atoms with Crippen LogP contribution < -0.4 is 15.4 Å². The Morgan fingerprint density at radius 3 is 2.75 bits per heavy atom. The van der Waals surface area contributed by atoms with Crippen LogP contribution in [-0.2, 0) is 0 Å². The summed E-state index contributed by atoms with van der Waals surface area (Å²) in [6.45, 7) is 2.02. The molecule has 3 rings (SSSR count). The molecule has 6 nitrogen and oxygen atoms in total. The third-order valence-electron chi connectivity index (χ3n) is 3.26. The van der Waals surface area contributed by atoms with Gasteiger partial charge in [0.05, 0.1) is 19.0 Å². The van der Waals surface area contributed by atoms with Crippen molar-refractivity contribution in [2.75, 3.05) is 17.7 Å². The van der Waals surface area contributed by atoms with E-state index in [9.17, 15) is 0 Å². The summed E-state index contributed by atoms with van der Waals surface area (Å²) in [6.07, 6.45) is 1.56. The quantitative estimate of drug-likeness (QED) is 0.676. The molecule has 122 valence electrons. The lowest BCUT2D eigenvalue weighted by Crippen LogP contribution is -2.03.